The Balaban J connectivity index is 2.04. The summed E-state index contributed by atoms with van der Waals surface area (Å²) >= 11 is 0. The first-order valence-electron chi connectivity index (χ1n) is 6.20. The minimum Gasteiger partial charge on any atom is -0.275 e. The molecule has 7 heteroatoms. The highest BCUT2D eigenvalue weighted by Crippen LogP contribution is 2.22. The maximum atomic E-state index is 5.70. The molecule has 2 aromatic heterocycles. The Morgan fingerprint density at radius 1 is 1.20 bits per heavy atom. The van der Waals surface area contributed by atoms with Gasteiger partial charge in [0, 0.05) is 18.8 Å². The van der Waals surface area contributed by atoms with Crippen molar-refractivity contribution in [2.45, 2.75) is 6.04 Å². The number of hydrogen-bond acceptors (Lipinski definition) is 5. The van der Waals surface area contributed by atoms with Crippen LogP contribution in [0.25, 0.3) is 5.69 Å². The molecule has 0 spiro atoms. The molecule has 2 heterocycles. The molecule has 0 aliphatic rings. The van der Waals surface area contributed by atoms with Crippen molar-refractivity contribution < 1.29 is 0 Å². The number of nitrogens with zero attached hydrogens (tertiary/aromatic N) is 5. The molecule has 0 amide bonds. The lowest BCUT2D eigenvalue weighted by Gasteiger charge is -2.15. The Kier molecular flexibility index (Phi) is 3.28. The number of aryl methyl sites for hydroxylation is 1. The summed E-state index contributed by atoms with van der Waals surface area (Å²) in [5.41, 5.74) is 5.53. The third kappa shape index (κ3) is 2.20. The molecule has 20 heavy (non-hydrogen) atoms. The fourth-order valence-electron chi connectivity index (χ4n) is 2.15. The Hall–Kier alpha value is -2.51. The first kappa shape index (κ1) is 12.5. The van der Waals surface area contributed by atoms with E-state index in [0.29, 0.717) is 0 Å². The van der Waals surface area contributed by atoms with Gasteiger partial charge in [-0.3, -0.25) is 10.5 Å². The van der Waals surface area contributed by atoms with E-state index in [9.17, 15) is 0 Å². The summed E-state index contributed by atoms with van der Waals surface area (Å²) in [5.74, 6) is 5.70. The topological polar surface area (TPSA) is 86.6 Å². The van der Waals surface area contributed by atoms with Crippen LogP contribution < -0.4 is 11.3 Å². The summed E-state index contributed by atoms with van der Waals surface area (Å²) in [6, 6.07) is 9.58. The first-order valence-corrected chi connectivity index (χ1v) is 6.20. The molecule has 1 unspecified atom stereocenters. The molecule has 0 fully saturated rings. The van der Waals surface area contributed by atoms with Crippen molar-refractivity contribution in [3.63, 3.8) is 0 Å². The van der Waals surface area contributed by atoms with Crippen LogP contribution in [0.5, 0.6) is 0 Å². The van der Waals surface area contributed by atoms with E-state index in [1.54, 1.807) is 21.8 Å². The van der Waals surface area contributed by atoms with Gasteiger partial charge in [0.25, 0.3) is 0 Å². The van der Waals surface area contributed by atoms with Crippen LogP contribution in [0.3, 0.4) is 0 Å². The van der Waals surface area contributed by atoms with E-state index in [1.165, 1.54) is 0 Å². The van der Waals surface area contributed by atoms with E-state index in [0.717, 1.165) is 16.9 Å². The second kappa shape index (κ2) is 5.24. The van der Waals surface area contributed by atoms with E-state index < -0.39 is 0 Å². The van der Waals surface area contributed by atoms with Gasteiger partial charge in [0.15, 0.2) is 0 Å². The Morgan fingerprint density at radius 3 is 2.65 bits per heavy atom. The van der Waals surface area contributed by atoms with Crippen LogP contribution in [-0.2, 0) is 7.05 Å². The van der Waals surface area contributed by atoms with Crippen LogP contribution in [0.15, 0.2) is 48.9 Å². The van der Waals surface area contributed by atoms with Gasteiger partial charge in [0.05, 0.1) is 29.8 Å². The third-order valence-electron chi connectivity index (χ3n) is 3.10. The molecule has 0 saturated heterocycles. The van der Waals surface area contributed by atoms with Gasteiger partial charge in [-0.1, -0.05) is 23.4 Å². The molecular formula is C13H15N7. The average molecular weight is 269 g/mol. The van der Waals surface area contributed by atoms with Gasteiger partial charge in [0.1, 0.15) is 0 Å². The Bertz CT molecular complexity index is 686. The molecule has 0 aliphatic heterocycles. The summed E-state index contributed by atoms with van der Waals surface area (Å²) in [4.78, 5) is 0. The minimum atomic E-state index is -0.223. The molecule has 0 saturated carbocycles. The van der Waals surface area contributed by atoms with E-state index in [4.69, 9.17) is 5.84 Å². The number of nitrogens with one attached hydrogen (secondary N) is 1. The van der Waals surface area contributed by atoms with E-state index in [2.05, 4.69) is 20.8 Å². The molecule has 3 rings (SSSR count). The zero-order valence-corrected chi connectivity index (χ0v) is 11.0. The molecular weight excluding hydrogens is 254 g/mol. The fraction of sp³-hybridized carbons (Fsp3) is 0.154. The number of para-hydroxylation sites is 1. The van der Waals surface area contributed by atoms with Crippen molar-refractivity contribution in [1.29, 1.82) is 0 Å². The average Bonchev–Trinajstić information content (AvgIpc) is 3.11. The van der Waals surface area contributed by atoms with Gasteiger partial charge in [-0.05, 0) is 12.1 Å². The van der Waals surface area contributed by atoms with Gasteiger partial charge in [-0.2, -0.15) is 5.10 Å². The number of rotatable bonds is 4. The van der Waals surface area contributed by atoms with Crippen LogP contribution >= 0.6 is 0 Å². The lowest BCUT2D eigenvalue weighted by Crippen LogP contribution is -2.30. The van der Waals surface area contributed by atoms with Crippen molar-refractivity contribution in [2.24, 2.45) is 12.9 Å². The second-order valence-corrected chi connectivity index (χ2v) is 4.45. The minimum absolute atomic E-state index is 0.223. The lowest BCUT2D eigenvalue weighted by atomic mass is 10.1. The van der Waals surface area contributed by atoms with Crippen LogP contribution in [0, 0.1) is 0 Å². The van der Waals surface area contributed by atoms with Crippen LogP contribution in [0.1, 0.15) is 17.3 Å². The third-order valence-corrected chi connectivity index (χ3v) is 3.10. The monoisotopic (exact) mass is 269 g/mol. The van der Waals surface area contributed by atoms with Crippen LogP contribution in [-0.4, -0.2) is 24.8 Å². The van der Waals surface area contributed by atoms with Crippen molar-refractivity contribution in [1.82, 2.24) is 30.2 Å². The normalized spacial score (nSPS) is 12.5. The van der Waals surface area contributed by atoms with Gasteiger partial charge in [0.2, 0.25) is 0 Å². The SMILES string of the molecule is Cn1cc(C(NN)c2cnnn2-c2ccccc2)cn1. The molecule has 3 aromatic rings. The zero-order chi connectivity index (χ0) is 13.9. The second-order valence-electron chi connectivity index (χ2n) is 4.45. The first-order chi connectivity index (χ1) is 9.79. The highest BCUT2D eigenvalue weighted by Gasteiger charge is 2.20. The molecule has 7 nitrogen and oxygen atoms in total. The molecule has 0 bridgehead atoms. The largest absolute Gasteiger partial charge is 0.275 e. The standard InChI is InChI=1S/C13H15N7/c1-19-9-10(7-16-19)13(17-14)12-8-15-18-20(12)11-5-3-2-4-6-11/h2-9,13,17H,14H2,1H3. The predicted octanol–water partition coefficient (Wildman–Crippen LogP) is 0.553. The zero-order valence-electron chi connectivity index (χ0n) is 11.0. The Morgan fingerprint density at radius 2 is 2.00 bits per heavy atom. The lowest BCUT2D eigenvalue weighted by molar-refractivity contribution is 0.595. The van der Waals surface area contributed by atoms with Crippen molar-refractivity contribution >= 4 is 0 Å². The molecule has 0 aliphatic carbocycles. The molecule has 3 N–H and O–H groups in total. The number of benzene rings is 1. The van der Waals surface area contributed by atoms with Gasteiger partial charge >= 0.3 is 0 Å². The van der Waals surface area contributed by atoms with E-state index in [-0.39, 0.29) is 6.04 Å². The van der Waals surface area contributed by atoms with Crippen molar-refractivity contribution in [3.8, 4) is 5.69 Å². The number of hydrazine groups is 1. The number of nitrogens with two attached hydrogens (primary N) is 1. The molecule has 1 aromatic carbocycles. The fourth-order valence-corrected chi connectivity index (χ4v) is 2.15. The molecule has 1 atom stereocenters. The molecule has 102 valence electrons. The predicted molar refractivity (Wildman–Crippen MR) is 73.7 cm³/mol. The highest BCUT2D eigenvalue weighted by atomic mass is 15.4. The van der Waals surface area contributed by atoms with Gasteiger partial charge in [-0.25, -0.2) is 10.1 Å². The number of hydrogen-bond donors (Lipinski definition) is 2. The maximum Gasteiger partial charge on any atom is 0.0929 e. The summed E-state index contributed by atoms with van der Waals surface area (Å²) < 4.78 is 3.49. The summed E-state index contributed by atoms with van der Waals surface area (Å²) in [6.45, 7) is 0. The number of aromatic nitrogens is 5. The maximum absolute atomic E-state index is 5.70. The smallest absolute Gasteiger partial charge is 0.0929 e. The summed E-state index contributed by atoms with van der Waals surface area (Å²) in [5, 5.41) is 12.3. The Labute approximate surface area is 116 Å². The quantitative estimate of drug-likeness (QED) is 0.533. The van der Waals surface area contributed by atoms with Crippen LogP contribution in [0.2, 0.25) is 0 Å². The van der Waals surface area contributed by atoms with Gasteiger partial charge < -0.3 is 0 Å². The molecule has 0 radical (unpaired) electrons. The van der Waals surface area contributed by atoms with E-state index in [1.807, 2.05) is 43.6 Å². The van der Waals surface area contributed by atoms with Gasteiger partial charge in [-0.15, -0.1) is 5.10 Å². The van der Waals surface area contributed by atoms with Crippen LogP contribution in [0.4, 0.5) is 0 Å². The summed E-state index contributed by atoms with van der Waals surface area (Å²) in [7, 11) is 1.86. The summed E-state index contributed by atoms with van der Waals surface area (Å²) in [6.07, 6.45) is 5.38. The van der Waals surface area contributed by atoms with Crippen molar-refractivity contribution in [2.75, 3.05) is 0 Å². The highest BCUT2D eigenvalue weighted by molar-refractivity contribution is 5.34. The van der Waals surface area contributed by atoms with Crippen molar-refractivity contribution in [3.05, 3.63) is 60.2 Å². The van der Waals surface area contributed by atoms with E-state index >= 15 is 0 Å².